The Labute approximate surface area is 427 Å². The zero-order valence-corrected chi connectivity index (χ0v) is 41.4. The van der Waals surface area contributed by atoms with Crippen molar-refractivity contribution in [1.29, 1.82) is 0 Å². The number of aliphatic hydroxyl groups excluding tert-OH is 2. The highest BCUT2D eigenvalue weighted by Gasteiger charge is 2.59. The lowest BCUT2D eigenvalue weighted by Crippen LogP contribution is -2.51. The van der Waals surface area contributed by atoms with Crippen LogP contribution in [0.2, 0.25) is 0 Å². The maximum atomic E-state index is 13.8. The van der Waals surface area contributed by atoms with Crippen molar-refractivity contribution >= 4 is 35.8 Å². The quantitative estimate of drug-likeness (QED) is 0.131. The molecule has 4 amide bonds. The highest BCUT2D eigenvalue weighted by molar-refractivity contribution is 5.98. The second-order valence-electron chi connectivity index (χ2n) is 18.9. The van der Waals surface area contributed by atoms with Gasteiger partial charge >= 0.3 is 0 Å². The molecule has 0 radical (unpaired) electrons. The van der Waals surface area contributed by atoms with Crippen molar-refractivity contribution in [1.82, 2.24) is 49.5 Å². The lowest BCUT2D eigenvalue weighted by Gasteiger charge is -2.31. The number of carbonyl (C=O) groups excluding carboxylic acids is 4. The fourth-order valence-electron chi connectivity index (χ4n) is 11.4. The Kier molecular flexibility index (Phi) is 15.0. The molecule has 6 aromatic rings. The highest BCUT2D eigenvalue weighted by atomic mass is 16.3. The number of carbonyl (C=O) groups is 4. The first-order valence-corrected chi connectivity index (χ1v) is 24.7. The number of hydrogen-bond acceptors (Lipinski definition) is 12. The summed E-state index contributed by atoms with van der Waals surface area (Å²) in [6.45, 7) is 7.42. The van der Waals surface area contributed by atoms with Crippen LogP contribution in [0.5, 0.6) is 0 Å². The van der Waals surface area contributed by atoms with Crippen molar-refractivity contribution in [2.75, 3.05) is 13.2 Å². The summed E-state index contributed by atoms with van der Waals surface area (Å²) in [7, 11) is 0. The van der Waals surface area contributed by atoms with Gasteiger partial charge in [-0.15, -0.1) is 0 Å². The molecule has 0 spiro atoms. The first-order chi connectivity index (χ1) is 35.9. The topological polar surface area (TPSA) is 235 Å². The number of aromatic nitrogens is 6. The van der Waals surface area contributed by atoms with Crippen LogP contribution < -0.4 is 21.8 Å². The third-order valence-electron chi connectivity index (χ3n) is 14.8. The van der Waals surface area contributed by atoms with Crippen LogP contribution in [0.25, 0.3) is 12.2 Å². The lowest BCUT2D eigenvalue weighted by atomic mass is 9.88. The highest BCUT2D eigenvalue weighted by Crippen LogP contribution is 2.51. The molecular formula is C56H58N10O8. The van der Waals surface area contributed by atoms with Crippen LogP contribution in [0.4, 0.5) is 0 Å². The van der Waals surface area contributed by atoms with Gasteiger partial charge in [0.05, 0.1) is 36.6 Å². The van der Waals surface area contributed by atoms with Crippen LogP contribution in [-0.4, -0.2) is 98.0 Å². The Bertz CT molecular complexity index is 2990. The molecule has 18 heteroatoms. The van der Waals surface area contributed by atoms with Crippen LogP contribution in [0.3, 0.4) is 0 Å². The van der Waals surface area contributed by atoms with Crippen LogP contribution in [-0.2, 0) is 22.7 Å². The third kappa shape index (κ3) is 9.37. The van der Waals surface area contributed by atoms with Crippen LogP contribution in [0.15, 0.2) is 144 Å². The first-order valence-electron chi connectivity index (χ1n) is 24.7. The van der Waals surface area contributed by atoms with E-state index in [2.05, 4.69) is 30.6 Å². The van der Waals surface area contributed by atoms with Crippen molar-refractivity contribution in [3.63, 3.8) is 0 Å². The molecule has 10 atom stereocenters. The minimum absolute atomic E-state index is 0.0973. The minimum Gasteiger partial charge on any atom is -0.396 e. The number of hydrogen-bond donors (Lipinski definition) is 4. The third-order valence-corrected chi connectivity index (χ3v) is 14.8. The van der Waals surface area contributed by atoms with E-state index < -0.39 is 47.8 Å². The second kappa shape index (κ2) is 21.9. The van der Waals surface area contributed by atoms with Crippen LogP contribution in [0.1, 0.15) is 106 Å². The van der Waals surface area contributed by atoms with Crippen molar-refractivity contribution in [2.45, 2.75) is 77.0 Å². The SMILES string of the molecule is C/C=C/c1ccc2n(c1=O)C[C@@H]1[C@@H](CO)[C@H](C(=O)N[C@@H](C)c3ccccc3)N(C(=O)c3cnccn3)[C@H]21.C/C=C\c1ccc2n(c1=O)C[C@@H]1[C@@H](CO)[C@H](C(=O)N[C@@H](C)c3ccccc3)N(C(=O)c3cnccn3)[C@H]21. The lowest BCUT2D eigenvalue weighted by molar-refractivity contribution is -0.128. The smallest absolute Gasteiger partial charge is 0.275 e. The van der Waals surface area contributed by atoms with E-state index in [9.17, 15) is 39.0 Å². The molecule has 74 heavy (non-hydrogen) atoms. The molecule has 4 aliphatic heterocycles. The van der Waals surface area contributed by atoms with E-state index in [0.717, 1.165) is 11.1 Å². The van der Waals surface area contributed by atoms with Crippen LogP contribution >= 0.6 is 0 Å². The van der Waals surface area contributed by atoms with E-state index in [4.69, 9.17) is 0 Å². The number of nitrogens with one attached hydrogen (secondary N) is 2. The molecule has 4 aromatic heterocycles. The Hall–Kier alpha value is -8.22. The van der Waals surface area contributed by atoms with E-state index >= 15 is 0 Å². The molecule has 2 aromatic carbocycles. The number of rotatable bonds is 12. The Morgan fingerprint density at radius 3 is 1.32 bits per heavy atom. The number of pyridine rings is 2. The van der Waals surface area contributed by atoms with Gasteiger partial charge in [0.2, 0.25) is 11.8 Å². The van der Waals surface area contributed by atoms with E-state index in [1.807, 2.05) is 100 Å². The molecule has 380 valence electrons. The fourth-order valence-corrected chi connectivity index (χ4v) is 11.4. The summed E-state index contributed by atoms with van der Waals surface area (Å²) in [6, 6.07) is 22.6. The average molecular weight is 999 g/mol. The van der Waals surface area contributed by atoms with Crippen molar-refractivity contribution in [3.8, 4) is 0 Å². The molecule has 0 bridgehead atoms. The summed E-state index contributed by atoms with van der Waals surface area (Å²) in [5.74, 6) is -3.43. The molecule has 10 rings (SSSR count). The average Bonchev–Trinajstić information content (AvgIpc) is 4.18. The number of amides is 4. The van der Waals surface area contributed by atoms with Gasteiger partial charge in [-0.2, -0.15) is 0 Å². The molecule has 0 aliphatic carbocycles. The number of likely N-dealkylation sites (tertiary alicyclic amines) is 2. The summed E-state index contributed by atoms with van der Waals surface area (Å²) in [5.41, 5.74) is 4.11. The minimum atomic E-state index is -0.945. The zero-order valence-electron chi connectivity index (χ0n) is 41.4. The maximum Gasteiger partial charge on any atom is 0.275 e. The van der Waals surface area contributed by atoms with Crippen molar-refractivity contribution < 1.29 is 29.4 Å². The van der Waals surface area contributed by atoms with Gasteiger partial charge < -0.3 is 39.8 Å². The Balaban J connectivity index is 0.000000182. The molecular weight excluding hydrogens is 941 g/mol. The van der Waals surface area contributed by atoms with E-state index in [0.29, 0.717) is 35.6 Å². The summed E-state index contributed by atoms with van der Waals surface area (Å²) in [4.78, 5) is 101. The van der Waals surface area contributed by atoms with E-state index in [-0.39, 0.29) is 71.5 Å². The molecule has 4 aliphatic rings. The number of nitrogens with zero attached hydrogens (tertiary/aromatic N) is 8. The molecule has 2 saturated heterocycles. The predicted octanol–water partition coefficient (Wildman–Crippen LogP) is 4.71. The van der Waals surface area contributed by atoms with E-state index in [1.54, 1.807) is 45.6 Å². The van der Waals surface area contributed by atoms with Gasteiger partial charge in [0, 0.05) is 97.3 Å². The van der Waals surface area contributed by atoms with Gasteiger partial charge in [0.25, 0.3) is 22.9 Å². The molecule has 18 nitrogen and oxygen atoms in total. The summed E-state index contributed by atoms with van der Waals surface area (Å²) < 4.78 is 3.32. The van der Waals surface area contributed by atoms with Gasteiger partial charge in [0.1, 0.15) is 23.5 Å². The normalized spacial score (nSPS) is 23.1. The predicted molar refractivity (Wildman–Crippen MR) is 274 cm³/mol. The molecule has 0 unspecified atom stereocenters. The molecule has 8 heterocycles. The zero-order chi connectivity index (χ0) is 52.2. The van der Waals surface area contributed by atoms with Gasteiger partial charge in [-0.05, 0) is 63.1 Å². The first kappa shape index (κ1) is 50.7. The molecule has 2 fully saturated rings. The Morgan fingerprint density at radius 1 is 0.595 bits per heavy atom. The monoisotopic (exact) mass is 998 g/mol. The van der Waals surface area contributed by atoms with Crippen LogP contribution in [0, 0.1) is 23.7 Å². The van der Waals surface area contributed by atoms with Gasteiger partial charge in [-0.25, -0.2) is 9.97 Å². The van der Waals surface area contributed by atoms with Gasteiger partial charge in [0.15, 0.2) is 0 Å². The Morgan fingerprint density at radius 2 is 0.986 bits per heavy atom. The number of allylic oxidation sites excluding steroid dienone is 2. The summed E-state index contributed by atoms with van der Waals surface area (Å²) >= 11 is 0. The van der Waals surface area contributed by atoms with Crippen molar-refractivity contribution in [2.24, 2.45) is 23.7 Å². The summed E-state index contributed by atoms with van der Waals surface area (Å²) in [5, 5.41) is 27.1. The maximum absolute atomic E-state index is 13.8. The number of aliphatic hydroxyl groups is 2. The fraction of sp³-hybridized carbons (Fsp3) is 0.321. The molecule has 0 saturated carbocycles. The van der Waals surface area contributed by atoms with Gasteiger partial charge in [-0.1, -0.05) is 85.0 Å². The number of benzene rings is 2. The largest absolute Gasteiger partial charge is 0.396 e. The number of fused-ring (bicyclic) bond motifs is 6. The van der Waals surface area contributed by atoms with Gasteiger partial charge in [-0.3, -0.25) is 38.7 Å². The van der Waals surface area contributed by atoms with E-state index in [1.165, 1.54) is 47.0 Å². The second-order valence-corrected chi connectivity index (χ2v) is 18.9. The standard InChI is InChI=1S/2C28H29N5O4/c2*1-3-7-19-10-11-23-24-20(15-32(23)27(19)36)21(16-34)25(33(24)28(37)22-14-29-12-13-30-22)26(35)31-17(2)18-8-5-4-6-9-18/h2*3-14,17,20-21,24-25,34H,15-16H2,1-2H3,(H,31,35)/b7-3+;7-3-/t2*17-,20+,21+,24-,25+/m00/s1. The van der Waals surface area contributed by atoms with Crippen molar-refractivity contribution in [3.05, 3.63) is 200 Å². The summed E-state index contributed by atoms with van der Waals surface area (Å²) in [6.07, 6.45) is 15.6. The molecule has 4 N–H and O–H groups in total.